The number of hydrogen-bond acceptors (Lipinski definition) is 2. The van der Waals surface area contributed by atoms with Crippen molar-refractivity contribution >= 4 is 21.8 Å². The minimum absolute atomic E-state index is 0.0945. The fourth-order valence-electron chi connectivity index (χ4n) is 1.47. The molecule has 2 N–H and O–H groups in total. The molecule has 4 heteroatoms. The Morgan fingerprint density at radius 1 is 1.35 bits per heavy atom. The van der Waals surface area contributed by atoms with Crippen molar-refractivity contribution in [2.45, 2.75) is 24.7 Å². The Morgan fingerprint density at radius 3 is 2.41 bits per heavy atom. The molecule has 0 radical (unpaired) electrons. The summed E-state index contributed by atoms with van der Waals surface area (Å²) in [5.41, 5.74) is 0.909. The minimum atomic E-state index is -0.345. The Balaban J connectivity index is 2.68. The lowest BCUT2D eigenvalue weighted by Crippen LogP contribution is -2.38. The van der Waals surface area contributed by atoms with Gasteiger partial charge in [-0.05, 0) is 11.5 Å². The van der Waals surface area contributed by atoms with Gasteiger partial charge in [-0.1, -0.05) is 60.1 Å². The molecule has 0 fully saturated rings. The van der Waals surface area contributed by atoms with E-state index in [2.05, 4.69) is 21.2 Å². The highest BCUT2D eigenvalue weighted by Crippen LogP contribution is 2.16. The SMILES string of the molecule is CC(C)C(Br)C(=O)N[C@H](CO)c1ccccc1. The van der Waals surface area contributed by atoms with E-state index in [0.29, 0.717) is 0 Å². The number of benzene rings is 1. The molecule has 1 aromatic rings. The summed E-state index contributed by atoms with van der Waals surface area (Å²) in [5, 5.41) is 12.1. The fraction of sp³-hybridized carbons (Fsp3) is 0.462. The number of aliphatic hydroxyl groups excluding tert-OH is 1. The van der Waals surface area contributed by atoms with Gasteiger partial charge < -0.3 is 10.4 Å². The van der Waals surface area contributed by atoms with Crippen LogP contribution >= 0.6 is 15.9 Å². The highest BCUT2D eigenvalue weighted by atomic mass is 79.9. The summed E-state index contributed by atoms with van der Waals surface area (Å²) in [7, 11) is 0. The van der Waals surface area contributed by atoms with Crippen LogP contribution in [0.3, 0.4) is 0 Å². The van der Waals surface area contributed by atoms with Gasteiger partial charge in [0.25, 0.3) is 0 Å². The maximum atomic E-state index is 11.9. The summed E-state index contributed by atoms with van der Waals surface area (Å²) in [4.78, 5) is 11.6. The monoisotopic (exact) mass is 299 g/mol. The molecule has 0 heterocycles. The second-order valence-electron chi connectivity index (χ2n) is 4.30. The van der Waals surface area contributed by atoms with Crippen LogP contribution in [0.1, 0.15) is 25.5 Å². The van der Waals surface area contributed by atoms with E-state index in [1.807, 2.05) is 44.2 Å². The normalized spacial score (nSPS) is 14.4. The molecule has 3 nitrogen and oxygen atoms in total. The molecule has 0 spiro atoms. The van der Waals surface area contributed by atoms with Gasteiger partial charge in [-0.2, -0.15) is 0 Å². The average molecular weight is 300 g/mol. The lowest BCUT2D eigenvalue weighted by Gasteiger charge is -2.20. The predicted octanol–water partition coefficient (Wildman–Crippen LogP) is 2.26. The van der Waals surface area contributed by atoms with Crippen molar-refractivity contribution in [2.24, 2.45) is 5.92 Å². The van der Waals surface area contributed by atoms with Crippen LogP contribution in [-0.2, 0) is 4.79 Å². The molecule has 0 saturated heterocycles. The molecule has 0 aliphatic heterocycles. The van der Waals surface area contributed by atoms with E-state index in [4.69, 9.17) is 0 Å². The fourth-order valence-corrected chi connectivity index (χ4v) is 1.61. The van der Waals surface area contributed by atoms with Crippen molar-refractivity contribution in [3.63, 3.8) is 0 Å². The topological polar surface area (TPSA) is 49.3 Å². The molecule has 0 saturated carbocycles. The van der Waals surface area contributed by atoms with Crippen molar-refractivity contribution in [2.75, 3.05) is 6.61 Å². The van der Waals surface area contributed by atoms with Crippen molar-refractivity contribution in [1.29, 1.82) is 0 Å². The van der Waals surface area contributed by atoms with Gasteiger partial charge in [0.05, 0.1) is 17.5 Å². The van der Waals surface area contributed by atoms with Crippen LogP contribution in [0.25, 0.3) is 0 Å². The van der Waals surface area contributed by atoms with E-state index < -0.39 is 0 Å². The number of rotatable bonds is 5. The number of amides is 1. The van der Waals surface area contributed by atoms with E-state index in [1.54, 1.807) is 0 Å². The molecule has 0 aliphatic carbocycles. The van der Waals surface area contributed by atoms with Crippen LogP contribution in [-0.4, -0.2) is 22.4 Å². The van der Waals surface area contributed by atoms with E-state index in [1.165, 1.54) is 0 Å². The molecule has 94 valence electrons. The van der Waals surface area contributed by atoms with Gasteiger partial charge in [0.2, 0.25) is 5.91 Å². The second kappa shape index (κ2) is 6.77. The van der Waals surface area contributed by atoms with Crippen LogP contribution in [0, 0.1) is 5.92 Å². The van der Waals surface area contributed by atoms with E-state index in [9.17, 15) is 9.90 Å². The number of carbonyl (C=O) groups is 1. The molecule has 17 heavy (non-hydrogen) atoms. The molecule has 1 amide bonds. The first kappa shape index (κ1) is 14.2. The van der Waals surface area contributed by atoms with Crippen molar-refractivity contribution in [3.05, 3.63) is 35.9 Å². The summed E-state index contributed by atoms with van der Waals surface area (Å²) in [6.07, 6.45) is 0. The van der Waals surface area contributed by atoms with Crippen LogP contribution in [0.5, 0.6) is 0 Å². The zero-order valence-electron chi connectivity index (χ0n) is 10.1. The Kier molecular flexibility index (Phi) is 5.65. The summed E-state index contributed by atoms with van der Waals surface area (Å²) >= 11 is 3.34. The third-order valence-electron chi connectivity index (χ3n) is 2.54. The molecule has 1 rings (SSSR count). The third kappa shape index (κ3) is 4.13. The molecule has 0 bridgehead atoms. The number of alkyl halides is 1. The Bertz CT molecular complexity index is 354. The van der Waals surface area contributed by atoms with Crippen molar-refractivity contribution < 1.29 is 9.90 Å². The van der Waals surface area contributed by atoms with Gasteiger partial charge in [-0.25, -0.2) is 0 Å². The maximum absolute atomic E-state index is 11.9. The van der Waals surface area contributed by atoms with E-state index in [-0.39, 0.29) is 29.3 Å². The first-order chi connectivity index (χ1) is 8.06. The van der Waals surface area contributed by atoms with Gasteiger partial charge in [0.15, 0.2) is 0 Å². The van der Waals surface area contributed by atoms with Gasteiger partial charge in [0.1, 0.15) is 0 Å². The standard InChI is InChI=1S/C13H18BrNO2/c1-9(2)12(14)13(17)15-11(8-16)10-6-4-3-5-7-10/h3-7,9,11-12,16H,8H2,1-2H3,(H,15,17)/t11-,12?/m1/s1. The quantitative estimate of drug-likeness (QED) is 0.820. The van der Waals surface area contributed by atoms with E-state index in [0.717, 1.165) is 5.56 Å². The van der Waals surface area contributed by atoms with Gasteiger partial charge in [-0.15, -0.1) is 0 Å². The van der Waals surface area contributed by atoms with Crippen LogP contribution in [0.2, 0.25) is 0 Å². The van der Waals surface area contributed by atoms with Crippen molar-refractivity contribution in [3.8, 4) is 0 Å². The molecule has 0 aliphatic rings. The summed E-state index contributed by atoms with van der Waals surface area (Å²) in [6.45, 7) is 3.83. The lowest BCUT2D eigenvalue weighted by molar-refractivity contribution is -0.122. The Hall–Kier alpha value is -0.870. The number of hydrogen-bond donors (Lipinski definition) is 2. The summed E-state index contributed by atoms with van der Waals surface area (Å²) in [5.74, 6) is 0.119. The van der Waals surface area contributed by atoms with Crippen LogP contribution < -0.4 is 5.32 Å². The largest absolute Gasteiger partial charge is 0.394 e. The number of carbonyl (C=O) groups excluding carboxylic acids is 1. The summed E-state index contributed by atoms with van der Waals surface area (Å²) < 4.78 is 0. The molecule has 1 unspecified atom stereocenters. The lowest BCUT2D eigenvalue weighted by atomic mass is 10.1. The highest BCUT2D eigenvalue weighted by molar-refractivity contribution is 9.10. The molecule has 1 aromatic carbocycles. The predicted molar refractivity (Wildman–Crippen MR) is 72.0 cm³/mol. The number of halogens is 1. The van der Waals surface area contributed by atoms with Crippen molar-refractivity contribution in [1.82, 2.24) is 5.32 Å². The first-order valence-corrected chi connectivity index (χ1v) is 6.58. The first-order valence-electron chi connectivity index (χ1n) is 5.66. The molecule has 2 atom stereocenters. The zero-order valence-corrected chi connectivity index (χ0v) is 11.6. The van der Waals surface area contributed by atoms with E-state index >= 15 is 0 Å². The Labute approximate surface area is 110 Å². The summed E-state index contributed by atoms with van der Waals surface area (Å²) in [6, 6.07) is 9.11. The smallest absolute Gasteiger partial charge is 0.234 e. The molecular formula is C13H18BrNO2. The molecular weight excluding hydrogens is 282 g/mol. The minimum Gasteiger partial charge on any atom is -0.394 e. The number of nitrogens with one attached hydrogen (secondary N) is 1. The van der Waals surface area contributed by atoms with Gasteiger partial charge >= 0.3 is 0 Å². The van der Waals surface area contributed by atoms with Crippen LogP contribution in [0.15, 0.2) is 30.3 Å². The Morgan fingerprint density at radius 2 is 1.94 bits per heavy atom. The number of aliphatic hydroxyl groups is 1. The van der Waals surface area contributed by atoms with Crippen LogP contribution in [0.4, 0.5) is 0 Å². The molecule has 0 aromatic heterocycles. The maximum Gasteiger partial charge on any atom is 0.234 e. The second-order valence-corrected chi connectivity index (χ2v) is 5.29. The highest BCUT2D eigenvalue weighted by Gasteiger charge is 2.21. The van der Waals surface area contributed by atoms with Gasteiger partial charge in [-0.3, -0.25) is 4.79 Å². The average Bonchev–Trinajstić information content (AvgIpc) is 2.35. The van der Waals surface area contributed by atoms with Gasteiger partial charge in [0, 0.05) is 0 Å². The zero-order chi connectivity index (χ0) is 12.8. The third-order valence-corrected chi connectivity index (χ3v) is 4.01.